The summed E-state index contributed by atoms with van der Waals surface area (Å²) < 4.78 is 0. The van der Waals surface area contributed by atoms with Gasteiger partial charge in [-0.3, -0.25) is 0 Å². The molecule has 122 valence electrons. The molecule has 0 radical (unpaired) electrons. The van der Waals surface area contributed by atoms with Gasteiger partial charge >= 0.3 is 0 Å². The van der Waals surface area contributed by atoms with Crippen molar-refractivity contribution in [3.63, 3.8) is 0 Å². The van der Waals surface area contributed by atoms with Crippen LogP contribution in [0, 0.1) is 0 Å². The molecule has 0 bridgehead atoms. The quantitative estimate of drug-likeness (QED) is 0.395. The van der Waals surface area contributed by atoms with Crippen molar-refractivity contribution in [3.8, 4) is 0 Å². The fourth-order valence-electron chi connectivity index (χ4n) is 2.53. The van der Waals surface area contributed by atoms with Crippen LogP contribution in [0.4, 0.5) is 0 Å². The molecule has 0 spiro atoms. The molecule has 0 aromatic heterocycles. The van der Waals surface area contributed by atoms with Gasteiger partial charge < -0.3 is 10.6 Å². The van der Waals surface area contributed by atoms with Crippen LogP contribution in [0.15, 0.2) is 0 Å². The van der Waals surface area contributed by atoms with Gasteiger partial charge in [0, 0.05) is 12.6 Å². The maximum atomic E-state index is 3.60. The lowest BCUT2D eigenvalue weighted by Gasteiger charge is -2.14. The third-order valence-corrected chi connectivity index (χ3v) is 3.90. The third-order valence-electron chi connectivity index (χ3n) is 3.90. The van der Waals surface area contributed by atoms with Gasteiger partial charge in [0.1, 0.15) is 0 Å². The second-order valence-electron chi connectivity index (χ2n) is 6.24. The molecule has 2 N–H and O–H groups in total. The number of hydrogen-bond acceptors (Lipinski definition) is 2. The van der Waals surface area contributed by atoms with E-state index in [1.807, 2.05) is 0 Å². The van der Waals surface area contributed by atoms with Crippen molar-refractivity contribution in [1.82, 2.24) is 10.6 Å². The van der Waals surface area contributed by atoms with E-state index >= 15 is 0 Å². The summed E-state index contributed by atoms with van der Waals surface area (Å²) in [7, 11) is 0. The Morgan fingerprint density at radius 2 is 1.20 bits per heavy atom. The average molecular weight is 285 g/mol. The number of unbranched alkanes of at least 4 members (excludes halogenated alkanes) is 9. The molecule has 0 aliphatic carbocycles. The van der Waals surface area contributed by atoms with Crippen LogP contribution >= 0.6 is 0 Å². The summed E-state index contributed by atoms with van der Waals surface area (Å²) in [6, 6.07) is 0.611. The summed E-state index contributed by atoms with van der Waals surface area (Å²) >= 11 is 0. The van der Waals surface area contributed by atoms with Crippen molar-refractivity contribution in [1.29, 1.82) is 0 Å². The number of hydrogen-bond donors (Lipinski definition) is 2. The highest BCUT2D eigenvalue weighted by molar-refractivity contribution is 4.63. The van der Waals surface area contributed by atoms with Gasteiger partial charge in [-0.1, -0.05) is 71.6 Å². The van der Waals surface area contributed by atoms with Crippen molar-refractivity contribution in [2.24, 2.45) is 0 Å². The molecule has 1 unspecified atom stereocenters. The fraction of sp³-hybridized carbons (Fsp3) is 1.00. The van der Waals surface area contributed by atoms with Gasteiger partial charge in [0.25, 0.3) is 0 Å². The molecule has 20 heavy (non-hydrogen) atoms. The zero-order valence-electron chi connectivity index (χ0n) is 14.5. The van der Waals surface area contributed by atoms with E-state index in [0.717, 1.165) is 13.1 Å². The van der Waals surface area contributed by atoms with Crippen molar-refractivity contribution < 1.29 is 0 Å². The Morgan fingerprint density at radius 1 is 0.650 bits per heavy atom. The zero-order chi connectivity index (χ0) is 14.9. The first-order valence-electron chi connectivity index (χ1n) is 9.25. The van der Waals surface area contributed by atoms with Crippen LogP contribution in [-0.2, 0) is 0 Å². The van der Waals surface area contributed by atoms with E-state index in [0.29, 0.717) is 6.04 Å². The fourth-order valence-corrected chi connectivity index (χ4v) is 2.53. The lowest BCUT2D eigenvalue weighted by atomic mass is 10.1. The highest BCUT2D eigenvalue weighted by atomic mass is 15.0. The predicted molar refractivity (Wildman–Crippen MR) is 92.5 cm³/mol. The predicted octanol–water partition coefficient (Wildman–Crippen LogP) is 4.89. The van der Waals surface area contributed by atoms with Crippen LogP contribution in [0.25, 0.3) is 0 Å². The van der Waals surface area contributed by atoms with Crippen molar-refractivity contribution in [3.05, 3.63) is 0 Å². The van der Waals surface area contributed by atoms with E-state index in [2.05, 4.69) is 31.4 Å². The molecule has 0 aliphatic rings. The standard InChI is InChI=1S/C18H40N2/c1-4-6-7-8-9-10-11-12-13-14-16-20-18(3)17-19-15-5-2/h18-20H,4-17H2,1-3H3. The second kappa shape index (κ2) is 17.0. The van der Waals surface area contributed by atoms with E-state index in [-0.39, 0.29) is 0 Å². The monoisotopic (exact) mass is 284 g/mol. The topological polar surface area (TPSA) is 24.1 Å². The molecule has 0 aromatic rings. The Balaban J connectivity index is 3.05. The van der Waals surface area contributed by atoms with Crippen LogP contribution < -0.4 is 10.6 Å². The van der Waals surface area contributed by atoms with Crippen LogP contribution in [0.2, 0.25) is 0 Å². The Kier molecular flexibility index (Phi) is 16.9. The van der Waals surface area contributed by atoms with Crippen LogP contribution in [-0.4, -0.2) is 25.7 Å². The van der Waals surface area contributed by atoms with E-state index in [9.17, 15) is 0 Å². The minimum Gasteiger partial charge on any atom is -0.315 e. The molecule has 0 heterocycles. The van der Waals surface area contributed by atoms with Crippen molar-refractivity contribution in [2.75, 3.05) is 19.6 Å². The van der Waals surface area contributed by atoms with Crippen molar-refractivity contribution >= 4 is 0 Å². The molecule has 0 fully saturated rings. The molecule has 0 aromatic carbocycles. The summed E-state index contributed by atoms with van der Waals surface area (Å²) in [6.45, 7) is 10.2. The lowest BCUT2D eigenvalue weighted by Crippen LogP contribution is -2.37. The first-order valence-corrected chi connectivity index (χ1v) is 9.25. The van der Waals surface area contributed by atoms with Crippen LogP contribution in [0.5, 0.6) is 0 Å². The summed E-state index contributed by atoms with van der Waals surface area (Å²) in [5.74, 6) is 0. The molecule has 0 rings (SSSR count). The normalized spacial score (nSPS) is 12.8. The number of nitrogens with one attached hydrogen (secondary N) is 2. The summed E-state index contributed by atoms with van der Waals surface area (Å²) in [5, 5.41) is 7.07. The molecule has 0 saturated carbocycles. The Hall–Kier alpha value is -0.0800. The van der Waals surface area contributed by atoms with E-state index < -0.39 is 0 Å². The van der Waals surface area contributed by atoms with E-state index in [1.165, 1.54) is 77.2 Å². The molecule has 2 heteroatoms. The Labute approximate surface area is 128 Å². The van der Waals surface area contributed by atoms with Gasteiger partial charge in [-0.25, -0.2) is 0 Å². The first kappa shape index (κ1) is 19.9. The maximum absolute atomic E-state index is 3.60. The van der Waals surface area contributed by atoms with Gasteiger partial charge in [0.15, 0.2) is 0 Å². The van der Waals surface area contributed by atoms with Crippen molar-refractivity contribution in [2.45, 2.75) is 97.4 Å². The SMILES string of the molecule is CCCCCCCCCCCCNC(C)CNCCC. The van der Waals surface area contributed by atoms with E-state index in [1.54, 1.807) is 0 Å². The minimum atomic E-state index is 0.611. The molecule has 0 saturated heterocycles. The molecule has 0 amide bonds. The summed E-state index contributed by atoms with van der Waals surface area (Å²) in [5.41, 5.74) is 0. The van der Waals surface area contributed by atoms with Gasteiger partial charge in [0.05, 0.1) is 0 Å². The van der Waals surface area contributed by atoms with Gasteiger partial charge in [-0.2, -0.15) is 0 Å². The average Bonchev–Trinajstić information content (AvgIpc) is 2.45. The first-order chi connectivity index (χ1) is 9.81. The molecular weight excluding hydrogens is 244 g/mol. The molecule has 2 nitrogen and oxygen atoms in total. The number of rotatable bonds is 16. The molecule has 0 aliphatic heterocycles. The Morgan fingerprint density at radius 3 is 1.75 bits per heavy atom. The summed E-state index contributed by atoms with van der Waals surface area (Å²) in [4.78, 5) is 0. The largest absolute Gasteiger partial charge is 0.315 e. The Bertz CT molecular complexity index is 171. The van der Waals surface area contributed by atoms with Crippen LogP contribution in [0.3, 0.4) is 0 Å². The minimum absolute atomic E-state index is 0.611. The van der Waals surface area contributed by atoms with Gasteiger partial charge in [-0.05, 0) is 32.9 Å². The van der Waals surface area contributed by atoms with E-state index in [4.69, 9.17) is 0 Å². The highest BCUT2D eigenvalue weighted by Gasteiger charge is 1.99. The summed E-state index contributed by atoms with van der Waals surface area (Å²) in [6.07, 6.45) is 15.4. The molecular formula is C18H40N2. The highest BCUT2D eigenvalue weighted by Crippen LogP contribution is 2.10. The smallest absolute Gasteiger partial charge is 0.0164 e. The van der Waals surface area contributed by atoms with Crippen LogP contribution in [0.1, 0.15) is 91.4 Å². The third kappa shape index (κ3) is 16.0. The van der Waals surface area contributed by atoms with Gasteiger partial charge in [0.2, 0.25) is 0 Å². The maximum Gasteiger partial charge on any atom is 0.0164 e. The van der Waals surface area contributed by atoms with Gasteiger partial charge in [-0.15, -0.1) is 0 Å². The second-order valence-corrected chi connectivity index (χ2v) is 6.24. The zero-order valence-corrected chi connectivity index (χ0v) is 14.5. The lowest BCUT2D eigenvalue weighted by molar-refractivity contribution is 0.481. The molecule has 1 atom stereocenters.